The van der Waals surface area contributed by atoms with Gasteiger partial charge in [0.25, 0.3) is 0 Å². The molecular weight excluding hydrogens is 236 g/mol. The van der Waals surface area contributed by atoms with E-state index >= 15 is 0 Å². The highest BCUT2D eigenvalue weighted by molar-refractivity contribution is 5.78. The third kappa shape index (κ3) is 4.06. The van der Waals surface area contributed by atoms with Gasteiger partial charge in [-0.05, 0) is 50.8 Å². The number of rotatable bonds is 7. The van der Waals surface area contributed by atoms with E-state index in [1.807, 2.05) is 4.90 Å². The Balaban J connectivity index is 1.69. The summed E-state index contributed by atoms with van der Waals surface area (Å²) in [5.41, 5.74) is 2.68. The Kier molecular flexibility index (Phi) is 4.97. The van der Waals surface area contributed by atoms with Crippen LogP contribution in [0.25, 0.3) is 0 Å². The van der Waals surface area contributed by atoms with E-state index in [1.54, 1.807) is 0 Å². The van der Waals surface area contributed by atoms with Crippen molar-refractivity contribution in [3.63, 3.8) is 0 Å². The third-order valence-electron chi connectivity index (χ3n) is 3.76. The van der Waals surface area contributed by atoms with E-state index in [4.69, 9.17) is 0 Å². The predicted octanol–water partition coefficient (Wildman–Crippen LogP) is 2.14. The molecule has 0 unspecified atom stereocenters. The Morgan fingerprint density at radius 2 is 2.11 bits per heavy atom. The van der Waals surface area contributed by atoms with Gasteiger partial charge in [0, 0.05) is 12.6 Å². The van der Waals surface area contributed by atoms with Crippen LogP contribution in [0.4, 0.5) is 0 Å². The zero-order chi connectivity index (χ0) is 13.7. The van der Waals surface area contributed by atoms with Crippen molar-refractivity contribution >= 4 is 5.91 Å². The smallest absolute Gasteiger partial charge is 0.236 e. The topological polar surface area (TPSA) is 32.3 Å². The monoisotopic (exact) mass is 260 g/mol. The summed E-state index contributed by atoms with van der Waals surface area (Å²) in [6.07, 6.45) is 3.35. The minimum Gasteiger partial charge on any atom is -0.339 e. The molecule has 1 aliphatic rings. The van der Waals surface area contributed by atoms with E-state index in [-0.39, 0.29) is 5.91 Å². The molecule has 1 aliphatic carbocycles. The van der Waals surface area contributed by atoms with Crippen molar-refractivity contribution in [2.75, 3.05) is 19.6 Å². The second-order valence-corrected chi connectivity index (χ2v) is 5.26. The first-order valence-electron chi connectivity index (χ1n) is 7.27. The van der Waals surface area contributed by atoms with Crippen LogP contribution in [0.15, 0.2) is 24.3 Å². The second kappa shape index (κ2) is 6.71. The van der Waals surface area contributed by atoms with Crippen molar-refractivity contribution < 1.29 is 4.79 Å². The van der Waals surface area contributed by atoms with Gasteiger partial charge in [-0.15, -0.1) is 0 Å². The maximum absolute atomic E-state index is 12.0. The molecule has 1 aromatic rings. The van der Waals surface area contributed by atoms with Crippen LogP contribution in [-0.2, 0) is 11.2 Å². The molecule has 1 amide bonds. The first-order chi connectivity index (χ1) is 9.22. The number of benzene rings is 1. The number of hydrogen-bond acceptors (Lipinski definition) is 2. The first kappa shape index (κ1) is 14.1. The lowest BCUT2D eigenvalue weighted by Crippen LogP contribution is -2.39. The second-order valence-electron chi connectivity index (χ2n) is 5.26. The zero-order valence-corrected chi connectivity index (χ0v) is 12.0. The summed E-state index contributed by atoms with van der Waals surface area (Å²) in [6.45, 7) is 6.36. The van der Waals surface area contributed by atoms with Gasteiger partial charge in [0.15, 0.2) is 0 Å². The number of likely N-dealkylation sites (N-methyl/N-ethyl adjacent to an activating group) is 1. The van der Waals surface area contributed by atoms with Gasteiger partial charge in [-0.25, -0.2) is 0 Å². The van der Waals surface area contributed by atoms with E-state index in [2.05, 4.69) is 43.4 Å². The van der Waals surface area contributed by atoms with Crippen LogP contribution < -0.4 is 5.32 Å². The Morgan fingerprint density at radius 1 is 1.37 bits per heavy atom. The predicted molar refractivity (Wildman–Crippen MR) is 78.2 cm³/mol. The molecule has 0 saturated heterocycles. The minimum atomic E-state index is 0.245. The molecular formula is C16H24N2O. The van der Waals surface area contributed by atoms with Crippen molar-refractivity contribution in [1.29, 1.82) is 0 Å². The number of amides is 1. The minimum absolute atomic E-state index is 0.245. The number of nitrogens with zero attached hydrogens (tertiary/aromatic N) is 1. The van der Waals surface area contributed by atoms with E-state index < -0.39 is 0 Å². The van der Waals surface area contributed by atoms with Crippen LogP contribution in [0, 0.1) is 6.92 Å². The van der Waals surface area contributed by atoms with Gasteiger partial charge in [0.1, 0.15) is 0 Å². The molecule has 19 heavy (non-hydrogen) atoms. The van der Waals surface area contributed by atoms with Crippen LogP contribution in [0.5, 0.6) is 0 Å². The molecule has 0 atom stereocenters. The van der Waals surface area contributed by atoms with E-state index in [9.17, 15) is 4.79 Å². The van der Waals surface area contributed by atoms with Crippen LogP contribution >= 0.6 is 0 Å². The number of nitrogens with one attached hydrogen (secondary N) is 1. The molecule has 1 N–H and O–H groups in total. The van der Waals surface area contributed by atoms with Crippen LogP contribution in [-0.4, -0.2) is 36.5 Å². The van der Waals surface area contributed by atoms with Gasteiger partial charge in [0.2, 0.25) is 5.91 Å². The fourth-order valence-corrected chi connectivity index (χ4v) is 2.43. The highest BCUT2D eigenvalue weighted by Crippen LogP contribution is 2.26. The van der Waals surface area contributed by atoms with E-state index in [0.29, 0.717) is 12.6 Å². The van der Waals surface area contributed by atoms with E-state index in [0.717, 1.165) is 19.5 Å². The summed E-state index contributed by atoms with van der Waals surface area (Å²) in [5, 5.41) is 3.27. The quantitative estimate of drug-likeness (QED) is 0.762. The average Bonchev–Trinajstić information content (AvgIpc) is 3.22. The molecule has 0 bridgehead atoms. The van der Waals surface area contributed by atoms with Gasteiger partial charge in [-0.2, -0.15) is 0 Å². The fraction of sp³-hybridized carbons (Fsp3) is 0.562. The van der Waals surface area contributed by atoms with E-state index in [1.165, 1.54) is 24.0 Å². The van der Waals surface area contributed by atoms with Crippen molar-refractivity contribution in [3.8, 4) is 0 Å². The Morgan fingerprint density at radius 3 is 2.74 bits per heavy atom. The summed E-state index contributed by atoms with van der Waals surface area (Å²) in [4.78, 5) is 14.0. The van der Waals surface area contributed by atoms with Gasteiger partial charge in [0.05, 0.1) is 6.54 Å². The average molecular weight is 260 g/mol. The molecule has 0 spiro atoms. The van der Waals surface area contributed by atoms with Crippen molar-refractivity contribution in [2.24, 2.45) is 0 Å². The lowest BCUT2D eigenvalue weighted by atomic mass is 10.1. The maximum atomic E-state index is 12.0. The molecule has 1 aromatic carbocycles. The number of aryl methyl sites for hydroxylation is 1. The molecule has 104 valence electrons. The number of carbonyl (C=O) groups is 1. The fourth-order valence-electron chi connectivity index (χ4n) is 2.43. The summed E-state index contributed by atoms with van der Waals surface area (Å²) >= 11 is 0. The standard InChI is InChI=1S/C16H24N2O/c1-3-18(15-8-9-15)16(19)12-17-11-10-14-7-5-4-6-13(14)2/h4-7,15,17H,3,8-12H2,1-2H3. The summed E-state index contributed by atoms with van der Waals surface area (Å²) in [6, 6.07) is 8.94. The molecule has 1 fully saturated rings. The highest BCUT2D eigenvalue weighted by atomic mass is 16.2. The number of hydrogen-bond donors (Lipinski definition) is 1. The van der Waals surface area contributed by atoms with Crippen LogP contribution in [0.2, 0.25) is 0 Å². The molecule has 1 saturated carbocycles. The Bertz CT molecular complexity index is 427. The summed E-state index contributed by atoms with van der Waals surface area (Å²) in [7, 11) is 0. The van der Waals surface area contributed by atoms with Gasteiger partial charge in [-0.1, -0.05) is 24.3 Å². The largest absolute Gasteiger partial charge is 0.339 e. The first-order valence-corrected chi connectivity index (χ1v) is 7.27. The summed E-state index contributed by atoms with van der Waals surface area (Å²) in [5.74, 6) is 0.245. The van der Waals surface area contributed by atoms with Gasteiger partial charge in [-0.3, -0.25) is 4.79 Å². The van der Waals surface area contributed by atoms with Crippen LogP contribution in [0.1, 0.15) is 30.9 Å². The lowest BCUT2D eigenvalue weighted by molar-refractivity contribution is -0.130. The van der Waals surface area contributed by atoms with Crippen LogP contribution in [0.3, 0.4) is 0 Å². The zero-order valence-electron chi connectivity index (χ0n) is 12.0. The molecule has 0 aromatic heterocycles. The summed E-state index contributed by atoms with van der Waals surface area (Å²) < 4.78 is 0. The third-order valence-corrected chi connectivity index (χ3v) is 3.76. The lowest BCUT2D eigenvalue weighted by Gasteiger charge is -2.20. The molecule has 0 aliphatic heterocycles. The normalized spacial score (nSPS) is 14.4. The van der Waals surface area contributed by atoms with Crippen molar-refractivity contribution in [3.05, 3.63) is 35.4 Å². The van der Waals surface area contributed by atoms with Crippen molar-refractivity contribution in [1.82, 2.24) is 10.2 Å². The van der Waals surface area contributed by atoms with Gasteiger partial charge < -0.3 is 10.2 Å². The van der Waals surface area contributed by atoms with Crippen molar-refractivity contribution in [2.45, 2.75) is 39.2 Å². The Hall–Kier alpha value is -1.35. The molecule has 0 heterocycles. The molecule has 3 nitrogen and oxygen atoms in total. The highest BCUT2D eigenvalue weighted by Gasteiger charge is 2.30. The SMILES string of the molecule is CCN(C(=O)CNCCc1ccccc1C)C1CC1. The molecule has 2 rings (SSSR count). The number of carbonyl (C=O) groups excluding carboxylic acids is 1. The Labute approximate surface area is 116 Å². The van der Waals surface area contributed by atoms with Gasteiger partial charge >= 0.3 is 0 Å². The molecule has 3 heteroatoms. The molecule has 0 radical (unpaired) electrons. The maximum Gasteiger partial charge on any atom is 0.236 e.